The van der Waals surface area contributed by atoms with E-state index >= 15 is 0 Å². The van der Waals surface area contributed by atoms with E-state index in [1.54, 1.807) is 12.4 Å². The second-order valence-electron chi connectivity index (χ2n) is 9.24. The van der Waals surface area contributed by atoms with Gasteiger partial charge in [0.05, 0.1) is 21.9 Å². The number of rotatable bonds is 4. The number of carbonyl (C=O) groups excluding carboxylic acids is 1. The van der Waals surface area contributed by atoms with Crippen LogP contribution in [0.3, 0.4) is 0 Å². The first-order valence-corrected chi connectivity index (χ1v) is 12.3. The number of anilines is 1. The lowest BCUT2D eigenvalue weighted by atomic mass is 9.81. The van der Waals surface area contributed by atoms with E-state index in [9.17, 15) is 4.79 Å². The third-order valence-electron chi connectivity index (χ3n) is 7.07. The summed E-state index contributed by atoms with van der Waals surface area (Å²) in [4.78, 5) is 30.3. The van der Waals surface area contributed by atoms with E-state index in [1.165, 1.54) is 0 Å². The van der Waals surface area contributed by atoms with Crippen molar-refractivity contribution in [2.45, 2.75) is 31.6 Å². The first kappa shape index (κ1) is 22.4. The summed E-state index contributed by atoms with van der Waals surface area (Å²) < 4.78 is 2.01. The Hall–Kier alpha value is -4.04. The third kappa shape index (κ3) is 3.83. The predicted molar refractivity (Wildman–Crippen MR) is 140 cm³/mol. The van der Waals surface area contributed by atoms with Crippen LogP contribution < -0.4 is 11.5 Å². The number of fused-ring (bicyclic) bond motifs is 2. The Bertz CT molecular complexity index is 1610. The number of carbonyl (C=O) groups is 1. The van der Waals surface area contributed by atoms with Crippen molar-refractivity contribution in [3.63, 3.8) is 0 Å². The molecule has 6 rings (SSSR count). The third-order valence-corrected chi connectivity index (χ3v) is 7.38. The van der Waals surface area contributed by atoms with Crippen molar-refractivity contribution < 1.29 is 4.79 Å². The van der Waals surface area contributed by atoms with Crippen molar-refractivity contribution in [3.8, 4) is 22.6 Å². The lowest BCUT2D eigenvalue weighted by Gasteiger charge is -2.25. The normalized spacial score (nSPS) is 18.0. The first-order chi connectivity index (χ1) is 17.5. The summed E-state index contributed by atoms with van der Waals surface area (Å²) in [5.74, 6) is 1.15. The molecule has 4 N–H and O–H groups in total. The molecule has 1 amide bonds. The van der Waals surface area contributed by atoms with Crippen molar-refractivity contribution in [2.75, 3.05) is 5.73 Å². The van der Waals surface area contributed by atoms with Gasteiger partial charge in [-0.3, -0.25) is 14.2 Å². The molecule has 9 heteroatoms. The maximum absolute atomic E-state index is 11.7. The van der Waals surface area contributed by atoms with E-state index in [4.69, 9.17) is 33.0 Å². The van der Waals surface area contributed by atoms with Crippen molar-refractivity contribution in [1.29, 1.82) is 0 Å². The maximum Gasteiger partial charge on any atom is 0.220 e. The van der Waals surface area contributed by atoms with Crippen LogP contribution in [-0.2, 0) is 4.79 Å². The van der Waals surface area contributed by atoms with Crippen LogP contribution in [0.25, 0.3) is 39.1 Å². The molecule has 8 nitrogen and oxygen atoms in total. The van der Waals surface area contributed by atoms with E-state index < -0.39 is 0 Å². The average molecular weight is 498 g/mol. The van der Waals surface area contributed by atoms with Crippen LogP contribution in [0.15, 0.2) is 61.1 Å². The molecule has 0 aliphatic heterocycles. The van der Waals surface area contributed by atoms with Crippen LogP contribution in [0, 0.1) is 5.92 Å². The van der Waals surface area contributed by atoms with Crippen LogP contribution in [0.2, 0.25) is 5.02 Å². The molecule has 1 aliphatic carbocycles. The summed E-state index contributed by atoms with van der Waals surface area (Å²) in [5.41, 5.74) is 16.4. The Kier molecular flexibility index (Phi) is 5.53. The first-order valence-electron chi connectivity index (χ1n) is 11.9. The highest BCUT2D eigenvalue weighted by Gasteiger charge is 2.30. The fraction of sp³-hybridized carbons (Fsp3) is 0.222. The number of imidazole rings is 1. The fourth-order valence-electron chi connectivity index (χ4n) is 5.18. The largest absolute Gasteiger partial charge is 0.382 e. The van der Waals surface area contributed by atoms with Gasteiger partial charge in [0, 0.05) is 41.4 Å². The van der Waals surface area contributed by atoms with Crippen LogP contribution >= 0.6 is 11.6 Å². The number of aromatic nitrogens is 5. The van der Waals surface area contributed by atoms with E-state index in [0.29, 0.717) is 22.1 Å². The van der Waals surface area contributed by atoms with Gasteiger partial charge >= 0.3 is 0 Å². The number of pyridine rings is 2. The summed E-state index contributed by atoms with van der Waals surface area (Å²) in [5, 5.41) is 1.48. The van der Waals surface area contributed by atoms with Gasteiger partial charge in [-0.1, -0.05) is 23.7 Å². The minimum absolute atomic E-state index is 0.0759. The zero-order valence-corrected chi connectivity index (χ0v) is 20.2. The van der Waals surface area contributed by atoms with Crippen LogP contribution in [0.5, 0.6) is 0 Å². The molecule has 0 spiro atoms. The standard InChI is InChI=1S/C27H24ClN7O/c28-19-13-17-8-9-21(20-3-1-2-10-31-20)33-22(17)14-18(19)23-24-25(29)32-11-12-35(24)27(34-23)16-6-4-15(5-7-16)26(30)36/h1-3,8-16H,4-7H2,(H2,29,32)(H2,30,36). The van der Waals surface area contributed by atoms with Gasteiger partial charge in [0.2, 0.25) is 5.91 Å². The van der Waals surface area contributed by atoms with E-state index in [0.717, 1.165) is 59.4 Å². The number of amides is 1. The molecule has 1 saturated carbocycles. The highest BCUT2D eigenvalue weighted by molar-refractivity contribution is 6.34. The van der Waals surface area contributed by atoms with Crippen molar-refractivity contribution in [1.82, 2.24) is 24.3 Å². The SMILES string of the molecule is NC(=O)C1CCC(c2nc(-c3cc4nc(-c5ccccn5)ccc4cc3Cl)c3c(N)nccn23)CC1. The monoisotopic (exact) mass is 497 g/mol. The molecule has 4 aromatic heterocycles. The lowest BCUT2D eigenvalue weighted by Crippen LogP contribution is -2.27. The zero-order valence-electron chi connectivity index (χ0n) is 19.4. The highest BCUT2D eigenvalue weighted by atomic mass is 35.5. The van der Waals surface area contributed by atoms with Gasteiger partial charge in [0.1, 0.15) is 22.9 Å². The van der Waals surface area contributed by atoms with Crippen LogP contribution in [0.1, 0.15) is 37.4 Å². The maximum atomic E-state index is 11.7. The molecule has 0 radical (unpaired) electrons. The molecule has 1 fully saturated rings. The van der Waals surface area contributed by atoms with Gasteiger partial charge in [0.25, 0.3) is 0 Å². The quantitative estimate of drug-likeness (QED) is 0.360. The van der Waals surface area contributed by atoms with Gasteiger partial charge in [0.15, 0.2) is 0 Å². The summed E-state index contributed by atoms with van der Waals surface area (Å²) in [6, 6.07) is 13.5. The molecular formula is C27H24ClN7O. The minimum Gasteiger partial charge on any atom is -0.382 e. The average Bonchev–Trinajstić information content (AvgIpc) is 3.29. The fourth-order valence-corrected chi connectivity index (χ4v) is 5.44. The smallest absolute Gasteiger partial charge is 0.220 e. The van der Waals surface area contributed by atoms with E-state index in [1.807, 2.05) is 53.1 Å². The Labute approximate surface area is 212 Å². The molecule has 180 valence electrons. The number of primary amides is 1. The van der Waals surface area contributed by atoms with Gasteiger partial charge < -0.3 is 11.5 Å². The summed E-state index contributed by atoms with van der Waals surface area (Å²) in [7, 11) is 0. The van der Waals surface area contributed by atoms with Crippen molar-refractivity contribution in [2.24, 2.45) is 11.7 Å². The summed E-state index contributed by atoms with van der Waals surface area (Å²) in [6.07, 6.45) is 8.46. The molecule has 4 heterocycles. The minimum atomic E-state index is -0.226. The Morgan fingerprint density at radius 2 is 1.81 bits per heavy atom. The van der Waals surface area contributed by atoms with Gasteiger partial charge in [-0.05, 0) is 56.0 Å². The summed E-state index contributed by atoms with van der Waals surface area (Å²) >= 11 is 6.79. The van der Waals surface area contributed by atoms with Gasteiger partial charge in [-0.25, -0.2) is 15.0 Å². The second kappa shape index (κ2) is 8.87. The second-order valence-corrected chi connectivity index (χ2v) is 9.64. The molecule has 36 heavy (non-hydrogen) atoms. The number of nitrogen functional groups attached to an aromatic ring is 1. The molecule has 0 saturated heterocycles. The number of hydrogen-bond donors (Lipinski definition) is 2. The molecule has 1 aromatic carbocycles. The van der Waals surface area contributed by atoms with Crippen LogP contribution in [-0.4, -0.2) is 30.2 Å². The number of nitrogens with two attached hydrogens (primary N) is 2. The predicted octanol–water partition coefficient (Wildman–Crippen LogP) is 5.00. The number of nitrogens with zero attached hydrogens (tertiary/aromatic N) is 5. The molecule has 1 aliphatic rings. The number of hydrogen-bond acceptors (Lipinski definition) is 6. The van der Waals surface area contributed by atoms with E-state index in [-0.39, 0.29) is 17.7 Å². The van der Waals surface area contributed by atoms with Crippen molar-refractivity contribution in [3.05, 3.63) is 71.9 Å². The Morgan fingerprint density at radius 1 is 0.972 bits per heavy atom. The van der Waals surface area contributed by atoms with Gasteiger partial charge in [-0.15, -0.1) is 0 Å². The van der Waals surface area contributed by atoms with Gasteiger partial charge in [-0.2, -0.15) is 0 Å². The summed E-state index contributed by atoms with van der Waals surface area (Å²) in [6.45, 7) is 0. The number of benzene rings is 1. The molecule has 0 atom stereocenters. The molecular weight excluding hydrogens is 474 g/mol. The highest BCUT2D eigenvalue weighted by Crippen LogP contribution is 2.40. The number of halogens is 1. The Morgan fingerprint density at radius 3 is 2.56 bits per heavy atom. The molecule has 0 bridgehead atoms. The van der Waals surface area contributed by atoms with E-state index in [2.05, 4.69) is 9.97 Å². The lowest BCUT2D eigenvalue weighted by molar-refractivity contribution is -0.122. The van der Waals surface area contributed by atoms with Crippen LogP contribution in [0.4, 0.5) is 5.82 Å². The zero-order chi connectivity index (χ0) is 24.8. The molecule has 5 aromatic rings. The topological polar surface area (TPSA) is 125 Å². The molecule has 0 unspecified atom stereocenters. The van der Waals surface area contributed by atoms with Crippen molar-refractivity contribution >= 4 is 39.7 Å². The Balaban J connectivity index is 1.48.